The summed E-state index contributed by atoms with van der Waals surface area (Å²) in [6.45, 7) is 1.49. The van der Waals surface area contributed by atoms with E-state index in [9.17, 15) is 9.59 Å². The lowest BCUT2D eigenvalue weighted by molar-refractivity contribution is -0.147. The molecule has 0 radical (unpaired) electrons. The summed E-state index contributed by atoms with van der Waals surface area (Å²) in [6.07, 6.45) is -0.0286. The van der Waals surface area contributed by atoms with Crippen molar-refractivity contribution in [3.8, 4) is 0 Å². The van der Waals surface area contributed by atoms with E-state index < -0.39 is 28.7 Å². The Morgan fingerprint density at radius 1 is 1.47 bits per heavy atom. The number of nitrogens with zero attached hydrogens (tertiary/aromatic N) is 1. The minimum atomic E-state index is -1.82. The maximum Gasteiger partial charge on any atom is 0.330 e. The van der Waals surface area contributed by atoms with Crippen LogP contribution in [0.4, 0.5) is 0 Å². The van der Waals surface area contributed by atoms with Crippen LogP contribution in [0, 0.1) is 0 Å². The smallest absolute Gasteiger partial charge is 0.330 e. The molecule has 0 aromatic rings. The van der Waals surface area contributed by atoms with E-state index in [1.54, 1.807) is 0 Å². The first kappa shape index (κ1) is 13.6. The first-order valence-corrected chi connectivity index (χ1v) is 4.47. The number of nitrogens with two attached hydrogens (primary N) is 2. The molecule has 0 aromatic heterocycles. The van der Waals surface area contributed by atoms with Crippen LogP contribution in [-0.4, -0.2) is 38.9 Å². The van der Waals surface area contributed by atoms with Gasteiger partial charge in [0.05, 0.1) is 0 Å². The summed E-state index contributed by atoms with van der Waals surface area (Å²) in [5, 5.41) is 17.7. The number of hydrogen-bond donors (Lipinski definition) is 5. The number of carboxylic acids is 2. The van der Waals surface area contributed by atoms with Crippen LogP contribution in [0.2, 0.25) is 0 Å². The van der Waals surface area contributed by atoms with Gasteiger partial charge in [-0.3, -0.25) is 4.79 Å². The van der Waals surface area contributed by atoms with Crippen molar-refractivity contribution in [2.45, 2.75) is 24.1 Å². The predicted octanol–water partition coefficient (Wildman–Crippen LogP) is -1.12. The van der Waals surface area contributed by atoms with Gasteiger partial charge in [0.1, 0.15) is 4.75 Å². The standard InChI is InChI=1S/C7H13N3O4S/c1-2-7(15,5(13)14)3(4(11)12)10-6(8)9/h3,15H,2H2,1H3,(H,11,12)(H,13,14)(H4,8,9,10). The van der Waals surface area contributed by atoms with Gasteiger partial charge in [0.15, 0.2) is 12.0 Å². The lowest BCUT2D eigenvalue weighted by Gasteiger charge is -2.25. The van der Waals surface area contributed by atoms with Crippen LogP contribution in [0.5, 0.6) is 0 Å². The van der Waals surface area contributed by atoms with Crippen molar-refractivity contribution in [1.29, 1.82) is 0 Å². The van der Waals surface area contributed by atoms with E-state index in [0.29, 0.717) is 0 Å². The Morgan fingerprint density at radius 2 is 1.93 bits per heavy atom. The Balaban J connectivity index is 5.31. The molecule has 0 aliphatic carbocycles. The summed E-state index contributed by atoms with van der Waals surface area (Å²) in [5.74, 6) is -3.32. The number of aliphatic carboxylic acids is 2. The molecular formula is C7H13N3O4S. The molecule has 86 valence electrons. The van der Waals surface area contributed by atoms with E-state index in [1.165, 1.54) is 6.92 Å². The number of carbonyl (C=O) groups is 2. The fourth-order valence-corrected chi connectivity index (χ4v) is 1.15. The molecule has 0 rings (SSSR count). The van der Waals surface area contributed by atoms with Gasteiger partial charge in [0.2, 0.25) is 0 Å². The molecule has 0 amide bonds. The van der Waals surface area contributed by atoms with Crippen LogP contribution in [0.15, 0.2) is 4.99 Å². The predicted molar refractivity (Wildman–Crippen MR) is 56.9 cm³/mol. The van der Waals surface area contributed by atoms with E-state index in [4.69, 9.17) is 21.7 Å². The Hall–Kier alpha value is -1.44. The van der Waals surface area contributed by atoms with Crippen molar-refractivity contribution in [2.75, 3.05) is 0 Å². The molecule has 0 saturated carbocycles. The summed E-state index contributed by atoms with van der Waals surface area (Å²) >= 11 is 3.82. The quantitative estimate of drug-likeness (QED) is 0.232. The van der Waals surface area contributed by atoms with Crippen molar-refractivity contribution in [3.05, 3.63) is 0 Å². The Morgan fingerprint density at radius 3 is 2.13 bits per heavy atom. The summed E-state index contributed by atoms with van der Waals surface area (Å²) < 4.78 is -1.82. The Labute approximate surface area is 91.6 Å². The molecule has 0 saturated heterocycles. The van der Waals surface area contributed by atoms with Gasteiger partial charge in [-0.2, -0.15) is 12.6 Å². The summed E-state index contributed by atoms with van der Waals surface area (Å²) in [7, 11) is 0. The molecule has 0 aliphatic heterocycles. The lowest BCUT2D eigenvalue weighted by atomic mass is 9.96. The van der Waals surface area contributed by atoms with Gasteiger partial charge in [-0.1, -0.05) is 6.92 Å². The molecule has 2 unspecified atom stereocenters. The van der Waals surface area contributed by atoms with E-state index >= 15 is 0 Å². The highest BCUT2D eigenvalue weighted by Crippen LogP contribution is 2.26. The number of thiol groups is 1. The van der Waals surface area contributed by atoms with Gasteiger partial charge >= 0.3 is 11.9 Å². The van der Waals surface area contributed by atoms with Crippen molar-refractivity contribution in [2.24, 2.45) is 16.5 Å². The number of carboxylic acid groups (broad SMARTS) is 2. The molecule has 0 bridgehead atoms. The molecule has 6 N–H and O–H groups in total. The maximum absolute atomic E-state index is 10.9. The average Bonchev–Trinajstić information content (AvgIpc) is 2.12. The van der Waals surface area contributed by atoms with Crippen LogP contribution in [-0.2, 0) is 9.59 Å². The van der Waals surface area contributed by atoms with Gasteiger partial charge in [-0.25, -0.2) is 9.79 Å². The number of hydrogen-bond acceptors (Lipinski definition) is 4. The Kier molecular flexibility index (Phi) is 4.40. The fourth-order valence-electron chi connectivity index (χ4n) is 0.977. The van der Waals surface area contributed by atoms with Gasteiger partial charge < -0.3 is 21.7 Å². The third-order valence-electron chi connectivity index (χ3n) is 1.87. The Bertz CT molecular complexity index is 303. The molecule has 8 heteroatoms. The molecule has 0 fully saturated rings. The molecule has 0 aromatic carbocycles. The zero-order valence-electron chi connectivity index (χ0n) is 8.04. The first-order valence-electron chi connectivity index (χ1n) is 4.03. The van der Waals surface area contributed by atoms with Crippen LogP contribution in [0.3, 0.4) is 0 Å². The van der Waals surface area contributed by atoms with E-state index in [1.807, 2.05) is 0 Å². The highest BCUT2D eigenvalue weighted by molar-refractivity contribution is 7.82. The molecular weight excluding hydrogens is 222 g/mol. The summed E-state index contributed by atoms with van der Waals surface area (Å²) in [6, 6.07) is -1.62. The largest absolute Gasteiger partial charge is 0.480 e. The normalized spacial score (nSPS) is 16.1. The zero-order chi connectivity index (χ0) is 12.2. The number of aliphatic imine (C=N–C) groups is 1. The van der Waals surface area contributed by atoms with E-state index in [-0.39, 0.29) is 6.42 Å². The van der Waals surface area contributed by atoms with Gasteiger partial charge in [0, 0.05) is 0 Å². The highest BCUT2D eigenvalue weighted by Gasteiger charge is 2.46. The second kappa shape index (κ2) is 4.87. The summed E-state index contributed by atoms with van der Waals surface area (Å²) in [5.41, 5.74) is 10.0. The van der Waals surface area contributed by atoms with Gasteiger partial charge in [0.25, 0.3) is 0 Å². The van der Waals surface area contributed by atoms with Crippen molar-refractivity contribution in [1.82, 2.24) is 0 Å². The second-order valence-corrected chi connectivity index (χ2v) is 3.68. The average molecular weight is 235 g/mol. The topological polar surface area (TPSA) is 139 Å². The second-order valence-electron chi connectivity index (χ2n) is 2.88. The molecule has 0 spiro atoms. The molecule has 0 aliphatic rings. The zero-order valence-corrected chi connectivity index (χ0v) is 8.94. The molecule has 7 nitrogen and oxygen atoms in total. The third kappa shape index (κ3) is 3.01. The van der Waals surface area contributed by atoms with E-state index in [2.05, 4.69) is 17.6 Å². The van der Waals surface area contributed by atoms with Crippen LogP contribution < -0.4 is 11.5 Å². The SMILES string of the molecule is CCC(S)(C(=O)O)C(N=C(N)N)C(=O)O. The van der Waals surface area contributed by atoms with Crippen LogP contribution in [0.25, 0.3) is 0 Å². The molecule has 15 heavy (non-hydrogen) atoms. The number of guanidine groups is 1. The van der Waals surface area contributed by atoms with Crippen LogP contribution >= 0.6 is 12.6 Å². The van der Waals surface area contributed by atoms with Gasteiger partial charge in [-0.05, 0) is 6.42 Å². The first-order chi connectivity index (χ1) is 6.75. The lowest BCUT2D eigenvalue weighted by Crippen LogP contribution is -2.49. The van der Waals surface area contributed by atoms with E-state index in [0.717, 1.165) is 0 Å². The fraction of sp³-hybridized carbons (Fsp3) is 0.571. The van der Waals surface area contributed by atoms with Crippen molar-refractivity contribution >= 4 is 30.5 Å². The van der Waals surface area contributed by atoms with Crippen molar-refractivity contribution in [3.63, 3.8) is 0 Å². The molecule has 0 heterocycles. The highest BCUT2D eigenvalue weighted by atomic mass is 32.1. The van der Waals surface area contributed by atoms with Gasteiger partial charge in [-0.15, -0.1) is 0 Å². The van der Waals surface area contributed by atoms with Crippen molar-refractivity contribution < 1.29 is 19.8 Å². The monoisotopic (exact) mass is 235 g/mol. The van der Waals surface area contributed by atoms with Crippen LogP contribution in [0.1, 0.15) is 13.3 Å². The minimum Gasteiger partial charge on any atom is -0.480 e. The maximum atomic E-state index is 10.9. The minimum absolute atomic E-state index is 0.0286. The number of rotatable bonds is 5. The molecule has 2 atom stereocenters. The third-order valence-corrected chi connectivity index (χ3v) is 2.63. The summed E-state index contributed by atoms with van der Waals surface area (Å²) in [4.78, 5) is 25.1.